The monoisotopic (exact) mass is 284 g/mol. The Morgan fingerprint density at radius 2 is 1.90 bits per heavy atom. The van der Waals surface area contributed by atoms with E-state index in [0.717, 1.165) is 12.3 Å². The second-order valence-electron chi connectivity index (χ2n) is 7.11. The van der Waals surface area contributed by atoms with Gasteiger partial charge in [-0.25, -0.2) is 0 Å². The Hall–Kier alpha value is -1.26. The predicted molar refractivity (Wildman–Crippen MR) is 95.3 cm³/mol. The van der Waals surface area contributed by atoms with Crippen molar-refractivity contribution in [1.82, 2.24) is 0 Å². The highest BCUT2D eigenvalue weighted by molar-refractivity contribution is 5.48. The summed E-state index contributed by atoms with van der Waals surface area (Å²) >= 11 is 0. The Labute approximate surface area is 132 Å². The van der Waals surface area contributed by atoms with Crippen molar-refractivity contribution in [1.29, 1.82) is 0 Å². The molecule has 0 N–H and O–H groups in total. The van der Waals surface area contributed by atoms with Crippen LogP contribution in [-0.2, 0) is 0 Å². The lowest BCUT2D eigenvalue weighted by molar-refractivity contribution is 0.265. The zero-order valence-corrected chi connectivity index (χ0v) is 14.6. The van der Waals surface area contributed by atoms with Gasteiger partial charge in [0.15, 0.2) is 0 Å². The maximum atomic E-state index is 3.48. The van der Waals surface area contributed by atoms with Crippen LogP contribution >= 0.6 is 0 Å². The van der Waals surface area contributed by atoms with Crippen LogP contribution in [-0.4, -0.2) is 0 Å². The molecule has 0 radical (unpaired) electrons. The second kappa shape index (κ2) is 8.90. The van der Waals surface area contributed by atoms with Gasteiger partial charge in [0.2, 0.25) is 0 Å². The van der Waals surface area contributed by atoms with Gasteiger partial charge in [0.1, 0.15) is 0 Å². The van der Waals surface area contributed by atoms with Crippen molar-refractivity contribution in [3.05, 3.63) is 47.2 Å². The van der Waals surface area contributed by atoms with Gasteiger partial charge >= 0.3 is 0 Å². The molecule has 0 aliphatic rings. The minimum Gasteiger partial charge on any atom is -0.121 e. The van der Waals surface area contributed by atoms with Crippen LogP contribution in [0.5, 0.6) is 0 Å². The average molecular weight is 284 g/mol. The van der Waals surface area contributed by atoms with Gasteiger partial charge in [0.05, 0.1) is 0 Å². The Balaban J connectivity index is 2.64. The molecule has 1 aromatic carbocycles. The lowest BCUT2D eigenvalue weighted by Gasteiger charge is -2.28. The van der Waals surface area contributed by atoms with E-state index in [1.54, 1.807) is 0 Å². The van der Waals surface area contributed by atoms with E-state index in [9.17, 15) is 0 Å². The summed E-state index contributed by atoms with van der Waals surface area (Å²) in [6, 6.07) is 10.5. The smallest absolute Gasteiger partial charge is 0.0128 e. The van der Waals surface area contributed by atoms with E-state index in [4.69, 9.17) is 0 Å². The Kier molecular flexibility index (Phi) is 7.54. The molecule has 1 unspecified atom stereocenters. The highest BCUT2D eigenvalue weighted by Gasteiger charge is 2.22. The van der Waals surface area contributed by atoms with Gasteiger partial charge in [0, 0.05) is 0 Å². The first-order chi connectivity index (χ1) is 9.95. The van der Waals surface area contributed by atoms with Crippen LogP contribution in [0, 0.1) is 11.3 Å². The fourth-order valence-corrected chi connectivity index (χ4v) is 2.77. The van der Waals surface area contributed by atoms with Crippen molar-refractivity contribution in [2.75, 3.05) is 0 Å². The first kappa shape index (κ1) is 17.8. The van der Waals surface area contributed by atoms with Crippen LogP contribution in [0.25, 0.3) is 6.08 Å². The predicted octanol–water partition coefficient (Wildman–Crippen LogP) is 6.88. The molecule has 0 saturated heterocycles. The van der Waals surface area contributed by atoms with Crippen molar-refractivity contribution in [2.24, 2.45) is 11.3 Å². The normalized spacial score (nSPS) is 13.6. The van der Waals surface area contributed by atoms with Crippen molar-refractivity contribution >= 4 is 6.08 Å². The lowest BCUT2D eigenvalue weighted by Crippen LogP contribution is -2.15. The summed E-state index contributed by atoms with van der Waals surface area (Å²) in [6.07, 6.45) is 8.53. The summed E-state index contributed by atoms with van der Waals surface area (Å²) in [5, 5.41) is 0. The maximum Gasteiger partial charge on any atom is -0.0128 e. The van der Waals surface area contributed by atoms with Crippen molar-refractivity contribution < 1.29 is 0 Å². The minimum absolute atomic E-state index is 0.427. The third kappa shape index (κ3) is 7.34. The quantitative estimate of drug-likeness (QED) is 0.456. The SMILES string of the molecule is CCC(C)(CCCC(C)C)CC(C)=C=Cc1ccccc1. The van der Waals surface area contributed by atoms with Gasteiger partial charge < -0.3 is 0 Å². The number of hydrogen-bond donors (Lipinski definition) is 0. The molecule has 1 rings (SSSR count). The van der Waals surface area contributed by atoms with E-state index < -0.39 is 0 Å². The van der Waals surface area contributed by atoms with E-state index in [0.29, 0.717) is 5.41 Å². The topological polar surface area (TPSA) is 0 Å². The van der Waals surface area contributed by atoms with E-state index in [-0.39, 0.29) is 0 Å². The zero-order chi connectivity index (χ0) is 15.7. The summed E-state index contributed by atoms with van der Waals surface area (Å²) in [5.74, 6) is 0.820. The van der Waals surface area contributed by atoms with Crippen molar-refractivity contribution in [3.63, 3.8) is 0 Å². The number of rotatable bonds is 8. The van der Waals surface area contributed by atoms with Gasteiger partial charge in [-0.1, -0.05) is 77.3 Å². The largest absolute Gasteiger partial charge is 0.121 e. The molecule has 116 valence electrons. The van der Waals surface area contributed by atoms with Gasteiger partial charge in [-0.3, -0.25) is 0 Å². The molecular weight excluding hydrogens is 252 g/mol. The molecular formula is C21H32. The minimum atomic E-state index is 0.427. The van der Waals surface area contributed by atoms with E-state index in [2.05, 4.69) is 76.8 Å². The van der Waals surface area contributed by atoms with Crippen molar-refractivity contribution in [3.8, 4) is 0 Å². The van der Waals surface area contributed by atoms with Gasteiger partial charge in [-0.2, -0.15) is 0 Å². The molecule has 0 fully saturated rings. The van der Waals surface area contributed by atoms with E-state index in [1.807, 2.05) is 0 Å². The number of hydrogen-bond acceptors (Lipinski definition) is 0. The highest BCUT2D eigenvalue weighted by Crippen LogP contribution is 2.35. The van der Waals surface area contributed by atoms with Crippen LogP contribution in [0.4, 0.5) is 0 Å². The molecule has 0 spiro atoms. The zero-order valence-electron chi connectivity index (χ0n) is 14.6. The molecule has 0 aliphatic carbocycles. The van der Waals surface area contributed by atoms with Crippen LogP contribution in [0.1, 0.15) is 72.3 Å². The van der Waals surface area contributed by atoms with Crippen LogP contribution in [0.2, 0.25) is 0 Å². The maximum absolute atomic E-state index is 3.48. The molecule has 0 aliphatic heterocycles. The molecule has 0 heterocycles. The number of benzene rings is 1. The Bertz CT molecular complexity index is 460. The first-order valence-electron chi connectivity index (χ1n) is 8.42. The standard InChI is InChI=1S/C21H32/c1-6-21(5,16-10-11-18(2)3)17-19(4)14-15-20-12-8-7-9-13-20/h7-9,12-13,15,18H,6,10-11,16-17H2,1-5H3. The van der Waals surface area contributed by atoms with E-state index >= 15 is 0 Å². The molecule has 0 heteroatoms. The Morgan fingerprint density at radius 3 is 2.48 bits per heavy atom. The fourth-order valence-electron chi connectivity index (χ4n) is 2.77. The Morgan fingerprint density at radius 1 is 1.24 bits per heavy atom. The summed E-state index contributed by atoms with van der Waals surface area (Å²) in [6.45, 7) is 11.6. The molecule has 0 bridgehead atoms. The molecule has 21 heavy (non-hydrogen) atoms. The summed E-state index contributed by atoms with van der Waals surface area (Å²) in [4.78, 5) is 0. The van der Waals surface area contributed by atoms with E-state index in [1.165, 1.54) is 36.8 Å². The molecule has 0 amide bonds. The van der Waals surface area contributed by atoms with Crippen LogP contribution in [0.15, 0.2) is 41.6 Å². The third-order valence-corrected chi connectivity index (χ3v) is 4.39. The van der Waals surface area contributed by atoms with Gasteiger partial charge in [0.25, 0.3) is 0 Å². The molecule has 1 aromatic rings. The van der Waals surface area contributed by atoms with Gasteiger partial charge in [-0.05, 0) is 48.3 Å². The van der Waals surface area contributed by atoms with Crippen LogP contribution in [0.3, 0.4) is 0 Å². The summed E-state index contributed by atoms with van der Waals surface area (Å²) < 4.78 is 0. The first-order valence-corrected chi connectivity index (χ1v) is 8.42. The van der Waals surface area contributed by atoms with Crippen molar-refractivity contribution in [2.45, 2.75) is 66.7 Å². The summed E-state index contributed by atoms with van der Waals surface area (Å²) in [5.41, 5.74) is 6.51. The fraction of sp³-hybridized carbons (Fsp3) is 0.571. The molecule has 0 nitrogen and oxygen atoms in total. The highest BCUT2D eigenvalue weighted by atomic mass is 14.3. The summed E-state index contributed by atoms with van der Waals surface area (Å²) in [7, 11) is 0. The van der Waals surface area contributed by atoms with Crippen LogP contribution < -0.4 is 0 Å². The molecule has 0 aromatic heterocycles. The average Bonchev–Trinajstić information content (AvgIpc) is 2.46. The van der Waals surface area contributed by atoms with Gasteiger partial charge in [-0.15, -0.1) is 5.73 Å². The third-order valence-electron chi connectivity index (χ3n) is 4.39. The number of allylic oxidation sites excluding steroid dienone is 1. The molecule has 0 saturated carbocycles. The second-order valence-corrected chi connectivity index (χ2v) is 7.11. The molecule has 1 atom stereocenters. The lowest BCUT2D eigenvalue weighted by atomic mass is 9.77.